The molecule has 1 atom stereocenters. The van der Waals surface area contributed by atoms with E-state index >= 15 is 0 Å². The molecule has 0 saturated heterocycles. The molecule has 0 aliphatic rings. The molecule has 2 heterocycles. The Kier molecular flexibility index (Phi) is 5.55. The number of hydrogen-bond acceptors (Lipinski definition) is 6. The van der Waals surface area contributed by atoms with Crippen LogP contribution in [0, 0.1) is 6.92 Å². The number of thiazole rings is 1. The van der Waals surface area contributed by atoms with Gasteiger partial charge in [-0.1, -0.05) is 0 Å². The summed E-state index contributed by atoms with van der Waals surface area (Å²) < 4.78 is 12.4. The third-order valence-corrected chi connectivity index (χ3v) is 5.25. The van der Waals surface area contributed by atoms with Crippen LogP contribution in [0.2, 0.25) is 0 Å². The van der Waals surface area contributed by atoms with Crippen molar-refractivity contribution in [2.75, 3.05) is 19.5 Å². The molecule has 0 saturated carbocycles. The van der Waals surface area contributed by atoms with Crippen LogP contribution >= 0.6 is 11.3 Å². The molecule has 0 aliphatic heterocycles. The molecule has 2 aromatic heterocycles. The van der Waals surface area contributed by atoms with E-state index in [2.05, 4.69) is 15.6 Å². The molecule has 3 aromatic rings. The van der Waals surface area contributed by atoms with Crippen LogP contribution in [0.1, 0.15) is 23.1 Å². The second-order valence-electron chi connectivity index (χ2n) is 6.33. The largest absolute Gasteiger partial charge is 0.497 e. The molecule has 28 heavy (non-hydrogen) atoms. The van der Waals surface area contributed by atoms with E-state index in [9.17, 15) is 9.59 Å². The van der Waals surface area contributed by atoms with Crippen LogP contribution in [0.15, 0.2) is 23.6 Å². The van der Waals surface area contributed by atoms with E-state index in [4.69, 9.17) is 9.47 Å². The molecule has 9 heteroatoms. The zero-order valence-corrected chi connectivity index (χ0v) is 17.1. The van der Waals surface area contributed by atoms with Gasteiger partial charge >= 0.3 is 0 Å². The number of methoxy groups -OCH3 is 2. The minimum absolute atomic E-state index is 0.333. The van der Waals surface area contributed by atoms with Crippen molar-refractivity contribution in [1.29, 1.82) is 0 Å². The SMILES string of the molecule is COc1cc(OC)c2cc(C(=O)N[C@H](C)C(=O)Nc3nc(C)cs3)n(C)c2c1. The van der Waals surface area contributed by atoms with Crippen molar-refractivity contribution >= 4 is 39.2 Å². The number of carbonyl (C=O) groups excluding carboxylic acids is 2. The maximum Gasteiger partial charge on any atom is 0.268 e. The number of benzene rings is 1. The Morgan fingerprint density at radius 3 is 2.57 bits per heavy atom. The Balaban J connectivity index is 1.81. The topological polar surface area (TPSA) is 94.5 Å². The fourth-order valence-electron chi connectivity index (χ4n) is 2.84. The first-order valence-corrected chi connectivity index (χ1v) is 9.47. The van der Waals surface area contributed by atoms with Crippen molar-refractivity contribution in [1.82, 2.24) is 14.9 Å². The molecule has 1 aromatic carbocycles. The third kappa shape index (κ3) is 3.79. The Hall–Kier alpha value is -3.07. The summed E-state index contributed by atoms with van der Waals surface area (Å²) in [4.78, 5) is 29.3. The number of aryl methyl sites for hydroxylation is 2. The van der Waals surface area contributed by atoms with Gasteiger partial charge in [-0.05, 0) is 19.9 Å². The molecule has 2 N–H and O–H groups in total. The van der Waals surface area contributed by atoms with Gasteiger partial charge < -0.3 is 24.7 Å². The molecule has 0 unspecified atom stereocenters. The molecule has 0 spiro atoms. The lowest BCUT2D eigenvalue weighted by atomic mass is 10.2. The number of fused-ring (bicyclic) bond motifs is 1. The zero-order valence-electron chi connectivity index (χ0n) is 16.3. The Bertz CT molecular complexity index is 1040. The van der Waals surface area contributed by atoms with Crippen LogP contribution < -0.4 is 20.1 Å². The van der Waals surface area contributed by atoms with Gasteiger partial charge in [0.25, 0.3) is 5.91 Å². The molecule has 0 fully saturated rings. The number of nitrogens with one attached hydrogen (secondary N) is 2. The minimum atomic E-state index is -0.730. The average Bonchev–Trinajstić information content (AvgIpc) is 3.23. The van der Waals surface area contributed by atoms with E-state index in [1.165, 1.54) is 11.3 Å². The van der Waals surface area contributed by atoms with Gasteiger partial charge in [0.15, 0.2) is 5.13 Å². The van der Waals surface area contributed by atoms with Gasteiger partial charge in [0.2, 0.25) is 5.91 Å². The average molecular weight is 402 g/mol. The molecule has 148 valence electrons. The van der Waals surface area contributed by atoms with Gasteiger partial charge in [-0.3, -0.25) is 9.59 Å². The maximum absolute atomic E-state index is 12.8. The predicted octanol–water partition coefficient (Wildman–Crippen LogP) is 2.72. The normalized spacial score (nSPS) is 11.9. The lowest BCUT2D eigenvalue weighted by molar-refractivity contribution is -0.117. The fraction of sp³-hybridized carbons (Fsp3) is 0.316. The highest BCUT2D eigenvalue weighted by atomic mass is 32.1. The molecule has 2 amide bonds. The standard InChI is InChI=1S/C19H22N4O4S/c1-10-9-28-19(20-10)22-17(24)11(2)21-18(25)15-8-13-14(23(15)3)6-12(26-4)7-16(13)27-5/h6-9,11H,1-5H3,(H,21,25)(H,20,22,24)/t11-/m1/s1. The monoisotopic (exact) mass is 402 g/mol. The Morgan fingerprint density at radius 2 is 1.96 bits per heavy atom. The lowest BCUT2D eigenvalue weighted by Gasteiger charge is -2.13. The summed E-state index contributed by atoms with van der Waals surface area (Å²) in [5.41, 5.74) is 2.03. The minimum Gasteiger partial charge on any atom is -0.497 e. The number of nitrogens with zero attached hydrogens (tertiary/aromatic N) is 2. The van der Waals surface area contributed by atoms with Gasteiger partial charge in [0.1, 0.15) is 23.2 Å². The van der Waals surface area contributed by atoms with Crippen molar-refractivity contribution in [2.24, 2.45) is 7.05 Å². The summed E-state index contributed by atoms with van der Waals surface area (Å²) in [6, 6.07) is 4.59. The number of aromatic nitrogens is 2. The van der Waals surface area contributed by atoms with Crippen molar-refractivity contribution in [3.8, 4) is 11.5 Å². The summed E-state index contributed by atoms with van der Waals surface area (Å²) in [6.07, 6.45) is 0. The third-order valence-electron chi connectivity index (χ3n) is 4.38. The van der Waals surface area contributed by atoms with Crippen molar-refractivity contribution < 1.29 is 19.1 Å². The zero-order chi connectivity index (χ0) is 20.4. The second kappa shape index (κ2) is 7.89. The second-order valence-corrected chi connectivity index (χ2v) is 7.19. The van der Waals surface area contributed by atoms with Crippen LogP contribution in [-0.2, 0) is 11.8 Å². The molecule has 0 aliphatic carbocycles. The molecule has 3 rings (SSSR count). The van der Waals surface area contributed by atoms with E-state index in [0.29, 0.717) is 22.3 Å². The maximum atomic E-state index is 12.8. The van der Waals surface area contributed by atoms with Crippen molar-refractivity contribution in [3.05, 3.63) is 35.0 Å². The van der Waals surface area contributed by atoms with Crippen LogP contribution in [-0.4, -0.2) is 41.6 Å². The molecular formula is C19H22N4O4S. The van der Waals surface area contributed by atoms with Gasteiger partial charge in [0, 0.05) is 29.9 Å². The van der Waals surface area contributed by atoms with E-state index < -0.39 is 6.04 Å². The number of rotatable bonds is 6. The van der Waals surface area contributed by atoms with Gasteiger partial charge in [-0.25, -0.2) is 4.98 Å². The first-order chi connectivity index (χ1) is 13.3. The quantitative estimate of drug-likeness (QED) is 0.661. The van der Waals surface area contributed by atoms with E-state index in [0.717, 1.165) is 16.6 Å². The Labute approximate surface area is 166 Å². The molecule has 0 bridgehead atoms. The van der Waals surface area contributed by atoms with Crippen LogP contribution in [0.5, 0.6) is 11.5 Å². The predicted molar refractivity (Wildman–Crippen MR) is 108 cm³/mol. The van der Waals surface area contributed by atoms with Gasteiger partial charge in [0.05, 0.1) is 25.4 Å². The van der Waals surface area contributed by atoms with Gasteiger partial charge in [-0.15, -0.1) is 11.3 Å². The molecule has 8 nitrogen and oxygen atoms in total. The highest BCUT2D eigenvalue weighted by Crippen LogP contribution is 2.33. The van der Waals surface area contributed by atoms with Crippen LogP contribution in [0.3, 0.4) is 0 Å². The summed E-state index contributed by atoms with van der Waals surface area (Å²) in [7, 11) is 4.91. The molecule has 0 radical (unpaired) electrons. The molecular weight excluding hydrogens is 380 g/mol. The first-order valence-electron chi connectivity index (χ1n) is 8.59. The summed E-state index contributed by atoms with van der Waals surface area (Å²) in [6.45, 7) is 3.47. The highest BCUT2D eigenvalue weighted by Gasteiger charge is 2.21. The number of anilines is 1. The van der Waals surface area contributed by atoms with E-state index in [1.807, 2.05) is 18.4 Å². The smallest absolute Gasteiger partial charge is 0.268 e. The number of ether oxygens (including phenoxy) is 2. The fourth-order valence-corrected chi connectivity index (χ4v) is 3.53. The number of hydrogen-bond donors (Lipinski definition) is 2. The van der Waals surface area contributed by atoms with E-state index in [-0.39, 0.29) is 11.8 Å². The number of amides is 2. The summed E-state index contributed by atoms with van der Waals surface area (Å²) in [5, 5.41) is 8.56. The summed E-state index contributed by atoms with van der Waals surface area (Å²) >= 11 is 1.34. The number of carbonyl (C=O) groups is 2. The van der Waals surface area contributed by atoms with Gasteiger partial charge in [-0.2, -0.15) is 0 Å². The summed E-state index contributed by atoms with van der Waals surface area (Å²) in [5.74, 6) is 0.538. The van der Waals surface area contributed by atoms with E-state index in [1.54, 1.807) is 44.9 Å². The Morgan fingerprint density at radius 1 is 1.21 bits per heavy atom. The first kappa shape index (κ1) is 19.7. The van der Waals surface area contributed by atoms with Crippen molar-refractivity contribution in [3.63, 3.8) is 0 Å². The van der Waals surface area contributed by atoms with Crippen LogP contribution in [0.4, 0.5) is 5.13 Å². The highest BCUT2D eigenvalue weighted by molar-refractivity contribution is 7.13. The lowest BCUT2D eigenvalue weighted by Crippen LogP contribution is -2.42. The van der Waals surface area contributed by atoms with Crippen LogP contribution in [0.25, 0.3) is 10.9 Å². The van der Waals surface area contributed by atoms with Crippen molar-refractivity contribution in [2.45, 2.75) is 19.9 Å².